The third-order valence-electron chi connectivity index (χ3n) is 5.31. The predicted octanol–water partition coefficient (Wildman–Crippen LogP) is 3.00. The molecule has 0 radical (unpaired) electrons. The van der Waals surface area contributed by atoms with E-state index in [1.807, 2.05) is 18.5 Å². The Morgan fingerprint density at radius 1 is 1.13 bits per heavy atom. The molecule has 0 N–H and O–H groups in total. The monoisotopic (exact) mass is 419 g/mol. The molecule has 5 nitrogen and oxygen atoms in total. The molecular weight excluding hydrogens is 393 g/mol. The van der Waals surface area contributed by atoms with Gasteiger partial charge in [0.25, 0.3) is 5.56 Å². The highest BCUT2D eigenvalue weighted by Gasteiger charge is 2.13. The molecule has 2 aromatic heterocycles. The first-order valence-corrected chi connectivity index (χ1v) is 10.6. The molecular formula is C24H26N3O2P. The fourth-order valence-corrected chi connectivity index (χ4v) is 4.24. The first-order valence-electron chi connectivity index (χ1n) is 10.0. The number of hydrogen-bond acceptors (Lipinski definition) is 4. The Bertz CT molecular complexity index is 1110. The molecule has 154 valence electrons. The van der Waals surface area contributed by atoms with Crippen LogP contribution in [-0.2, 0) is 11.3 Å². The van der Waals surface area contributed by atoms with Crippen LogP contribution in [0, 0.1) is 6.92 Å². The molecule has 1 atom stereocenters. The average molecular weight is 419 g/mol. The number of aromatic nitrogens is 2. The maximum absolute atomic E-state index is 12.7. The number of aryl methyl sites for hydroxylation is 1. The molecule has 3 heterocycles. The van der Waals surface area contributed by atoms with E-state index in [1.54, 1.807) is 16.8 Å². The summed E-state index contributed by atoms with van der Waals surface area (Å²) in [5.74, 6) is 0. The van der Waals surface area contributed by atoms with E-state index in [2.05, 4.69) is 56.9 Å². The number of pyridine rings is 2. The quantitative estimate of drug-likeness (QED) is 0.597. The van der Waals surface area contributed by atoms with Gasteiger partial charge in [-0.3, -0.25) is 9.78 Å². The minimum absolute atomic E-state index is 0.0437. The van der Waals surface area contributed by atoms with E-state index in [1.165, 1.54) is 5.56 Å². The van der Waals surface area contributed by atoms with Crippen molar-refractivity contribution in [1.29, 1.82) is 0 Å². The normalized spacial score (nSPS) is 14.0. The molecule has 1 unspecified atom stereocenters. The van der Waals surface area contributed by atoms with Gasteiger partial charge in [-0.05, 0) is 41.1 Å². The Balaban J connectivity index is 1.55. The molecule has 1 aliphatic heterocycles. The van der Waals surface area contributed by atoms with E-state index >= 15 is 0 Å². The number of nitrogens with zero attached hydrogens (tertiary/aromatic N) is 3. The third-order valence-corrected chi connectivity index (χ3v) is 5.64. The Kier molecular flexibility index (Phi) is 6.12. The van der Waals surface area contributed by atoms with Crippen LogP contribution in [-0.4, -0.2) is 35.9 Å². The summed E-state index contributed by atoms with van der Waals surface area (Å²) in [4.78, 5) is 19.4. The zero-order valence-corrected chi connectivity index (χ0v) is 18.3. The van der Waals surface area contributed by atoms with Crippen molar-refractivity contribution in [2.75, 3.05) is 31.2 Å². The molecule has 0 saturated carbocycles. The largest absolute Gasteiger partial charge is 0.378 e. The lowest BCUT2D eigenvalue weighted by Gasteiger charge is -2.28. The number of morpholine rings is 1. The molecule has 4 rings (SSSR count). The van der Waals surface area contributed by atoms with Gasteiger partial charge < -0.3 is 14.2 Å². The topological polar surface area (TPSA) is 47.4 Å². The van der Waals surface area contributed by atoms with E-state index < -0.39 is 0 Å². The molecule has 3 aromatic rings. The van der Waals surface area contributed by atoms with Crippen molar-refractivity contribution in [2.24, 2.45) is 0 Å². The van der Waals surface area contributed by atoms with Gasteiger partial charge in [-0.2, -0.15) is 0 Å². The second-order valence-corrected chi connectivity index (χ2v) is 8.31. The molecule has 1 saturated heterocycles. The van der Waals surface area contributed by atoms with Crippen molar-refractivity contribution >= 4 is 25.8 Å². The number of hydrogen-bond donors (Lipinski definition) is 0. The minimum Gasteiger partial charge on any atom is -0.378 e. The van der Waals surface area contributed by atoms with E-state index in [9.17, 15) is 4.79 Å². The first-order chi connectivity index (χ1) is 14.5. The summed E-state index contributed by atoms with van der Waals surface area (Å²) in [7, 11) is 2.72. The smallest absolute Gasteiger partial charge is 0.251 e. The number of ether oxygens (including phenoxy) is 1. The maximum Gasteiger partial charge on any atom is 0.251 e. The molecule has 0 aliphatic carbocycles. The molecule has 0 spiro atoms. The summed E-state index contributed by atoms with van der Waals surface area (Å²) in [6, 6.07) is 12.0. The van der Waals surface area contributed by atoms with Crippen LogP contribution in [0.15, 0.2) is 66.4 Å². The molecule has 6 heteroatoms. The van der Waals surface area contributed by atoms with Crippen molar-refractivity contribution in [3.8, 4) is 0 Å². The predicted molar refractivity (Wildman–Crippen MR) is 126 cm³/mol. The van der Waals surface area contributed by atoms with Crippen molar-refractivity contribution in [2.45, 2.75) is 13.5 Å². The van der Waals surface area contributed by atoms with Gasteiger partial charge in [-0.25, -0.2) is 0 Å². The zero-order chi connectivity index (χ0) is 21.1. The van der Waals surface area contributed by atoms with Crippen molar-refractivity contribution in [1.82, 2.24) is 9.55 Å². The molecule has 1 aliphatic rings. The van der Waals surface area contributed by atoms with Crippen molar-refractivity contribution in [3.05, 3.63) is 94.2 Å². The Morgan fingerprint density at radius 3 is 2.67 bits per heavy atom. The summed E-state index contributed by atoms with van der Waals surface area (Å²) < 4.78 is 7.15. The van der Waals surface area contributed by atoms with E-state index in [-0.39, 0.29) is 5.56 Å². The van der Waals surface area contributed by atoms with Crippen LogP contribution < -0.4 is 15.8 Å². The number of benzene rings is 1. The van der Waals surface area contributed by atoms with Crippen molar-refractivity contribution in [3.63, 3.8) is 0 Å². The van der Waals surface area contributed by atoms with Crippen LogP contribution in [0.5, 0.6) is 0 Å². The van der Waals surface area contributed by atoms with Crippen LogP contribution in [0.4, 0.5) is 5.69 Å². The SMILES string of the molecule is C=C(c1cncc(N2CCOCC2)c1)c1ccn(Cc2cc(C)cc(P)c2)c(=O)c1. The third kappa shape index (κ3) is 4.69. The lowest BCUT2D eigenvalue weighted by Crippen LogP contribution is -2.36. The van der Waals surface area contributed by atoms with E-state index in [4.69, 9.17) is 4.74 Å². The van der Waals surface area contributed by atoms with Crippen LogP contribution in [0.25, 0.3) is 5.57 Å². The minimum atomic E-state index is -0.0437. The second kappa shape index (κ2) is 8.95. The molecule has 1 fully saturated rings. The second-order valence-electron chi connectivity index (χ2n) is 7.64. The van der Waals surface area contributed by atoms with Crippen LogP contribution in [0.1, 0.15) is 22.3 Å². The number of rotatable bonds is 5. The van der Waals surface area contributed by atoms with Gasteiger partial charge in [-0.15, -0.1) is 9.24 Å². The maximum atomic E-state index is 12.7. The number of anilines is 1. The van der Waals surface area contributed by atoms with Crippen LogP contribution >= 0.6 is 9.24 Å². The van der Waals surface area contributed by atoms with Crippen LogP contribution in [0.2, 0.25) is 0 Å². The Labute approximate surface area is 179 Å². The zero-order valence-electron chi connectivity index (χ0n) is 17.2. The van der Waals surface area contributed by atoms with Crippen molar-refractivity contribution < 1.29 is 4.74 Å². The van der Waals surface area contributed by atoms with Gasteiger partial charge in [0.1, 0.15) is 0 Å². The molecule has 0 bridgehead atoms. The molecule has 0 amide bonds. The standard InChI is InChI=1S/C24H26N3O2P/c1-17-9-19(11-23(30)10-17)16-27-4-3-20(13-24(27)28)18(2)21-12-22(15-25-14-21)26-5-7-29-8-6-26/h3-4,9-15H,2,5-8,16,30H2,1H3. The van der Waals surface area contributed by atoms with E-state index in [0.717, 1.165) is 59.6 Å². The van der Waals surface area contributed by atoms with Gasteiger partial charge >= 0.3 is 0 Å². The van der Waals surface area contributed by atoms with E-state index in [0.29, 0.717) is 6.54 Å². The van der Waals surface area contributed by atoms with Gasteiger partial charge in [0, 0.05) is 37.1 Å². The molecule has 30 heavy (non-hydrogen) atoms. The fraction of sp³-hybridized carbons (Fsp3) is 0.250. The highest BCUT2D eigenvalue weighted by atomic mass is 31.0. The van der Waals surface area contributed by atoms with Gasteiger partial charge in [0.05, 0.1) is 31.6 Å². The van der Waals surface area contributed by atoms with Crippen LogP contribution in [0.3, 0.4) is 0 Å². The Morgan fingerprint density at radius 2 is 1.93 bits per heavy atom. The summed E-state index contributed by atoms with van der Waals surface area (Å²) >= 11 is 0. The summed E-state index contributed by atoms with van der Waals surface area (Å²) in [6.07, 6.45) is 5.50. The summed E-state index contributed by atoms with van der Waals surface area (Å²) in [5, 5.41) is 1.12. The van der Waals surface area contributed by atoms with Gasteiger partial charge in [-0.1, -0.05) is 30.3 Å². The summed E-state index contributed by atoms with van der Waals surface area (Å²) in [6.45, 7) is 9.98. The fourth-order valence-electron chi connectivity index (χ4n) is 3.76. The average Bonchev–Trinajstić information content (AvgIpc) is 2.75. The summed E-state index contributed by atoms with van der Waals surface area (Å²) in [5.41, 5.74) is 5.83. The van der Waals surface area contributed by atoms with Gasteiger partial charge in [0.2, 0.25) is 0 Å². The Hall–Kier alpha value is -2.75. The highest BCUT2D eigenvalue weighted by molar-refractivity contribution is 7.27. The van der Waals surface area contributed by atoms with Gasteiger partial charge in [0.15, 0.2) is 0 Å². The lowest BCUT2D eigenvalue weighted by atomic mass is 10.0. The highest BCUT2D eigenvalue weighted by Crippen LogP contribution is 2.24. The lowest BCUT2D eigenvalue weighted by molar-refractivity contribution is 0.122. The first kappa shape index (κ1) is 20.5. The molecule has 1 aromatic carbocycles.